The van der Waals surface area contributed by atoms with Crippen LogP contribution in [0.1, 0.15) is 42.0 Å². The Bertz CT molecular complexity index is 1040. The van der Waals surface area contributed by atoms with Crippen LogP contribution >= 0.6 is 0 Å². The molecule has 158 valence electrons. The third-order valence-corrected chi connectivity index (χ3v) is 6.39. The Hall–Kier alpha value is -3.20. The highest BCUT2D eigenvalue weighted by Gasteiger charge is 2.38. The fourth-order valence-electron chi connectivity index (χ4n) is 4.86. The molecule has 5 rings (SSSR count). The molecule has 0 bridgehead atoms. The summed E-state index contributed by atoms with van der Waals surface area (Å²) >= 11 is 0. The van der Waals surface area contributed by atoms with Crippen LogP contribution in [0.25, 0.3) is 0 Å². The molecule has 0 saturated heterocycles. The van der Waals surface area contributed by atoms with Crippen LogP contribution in [0.5, 0.6) is 11.5 Å². The van der Waals surface area contributed by atoms with E-state index in [1.54, 1.807) is 0 Å². The van der Waals surface area contributed by atoms with Gasteiger partial charge >= 0.3 is 0 Å². The second kappa shape index (κ2) is 8.89. The molecule has 31 heavy (non-hydrogen) atoms. The quantitative estimate of drug-likeness (QED) is 0.448. The van der Waals surface area contributed by atoms with Gasteiger partial charge in [0.15, 0.2) is 0 Å². The number of hydrogen-bond donors (Lipinski definition) is 1. The molecule has 0 saturated carbocycles. The predicted molar refractivity (Wildman–Crippen MR) is 126 cm³/mol. The summed E-state index contributed by atoms with van der Waals surface area (Å²) in [7, 11) is 0. The van der Waals surface area contributed by atoms with Gasteiger partial charge in [-0.2, -0.15) is 0 Å². The minimum Gasteiger partial charge on any atom is -0.494 e. The van der Waals surface area contributed by atoms with Crippen LogP contribution < -0.4 is 14.8 Å². The van der Waals surface area contributed by atoms with Crippen molar-refractivity contribution in [3.63, 3.8) is 0 Å². The van der Waals surface area contributed by atoms with Crippen LogP contribution in [0.2, 0.25) is 0 Å². The summed E-state index contributed by atoms with van der Waals surface area (Å²) in [4.78, 5) is 0. The molecule has 3 atom stereocenters. The van der Waals surface area contributed by atoms with Gasteiger partial charge in [0.05, 0.1) is 19.3 Å². The van der Waals surface area contributed by atoms with Gasteiger partial charge in [0.1, 0.15) is 11.5 Å². The average Bonchev–Trinajstić information content (AvgIpc) is 3.31. The second-order valence-corrected chi connectivity index (χ2v) is 8.31. The molecule has 1 aliphatic heterocycles. The lowest BCUT2D eigenvalue weighted by molar-refractivity contribution is 0.320. The van der Waals surface area contributed by atoms with E-state index in [1.807, 2.05) is 13.0 Å². The van der Waals surface area contributed by atoms with E-state index in [1.165, 1.54) is 22.4 Å². The van der Waals surface area contributed by atoms with E-state index in [2.05, 4.69) is 84.2 Å². The van der Waals surface area contributed by atoms with E-state index in [4.69, 9.17) is 9.47 Å². The van der Waals surface area contributed by atoms with Crippen molar-refractivity contribution in [3.05, 3.63) is 102 Å². The number of ether oxygens (including phenoxy) is 2. The largest absolute Gasteiger partial charge is 0.494 e. The van der Waals surface area contributed by atoms with Gasteiger partial charge in [-0.25, -0.2) is 0 Å². The lowest BCUT2D eigenvalue weighted by Gasteiger charge is -2.37. The molecule has 3 aromatic carbocycles. The molecular weight excluding hydrogens is 382 g/mol. The first kappa shape index (κ1) is 19.7. The zero-order valence-electron chi connectivity index (χ0n) is 18.0. The normalized spacial score (nSPS) is 21.1. The smallest absolute Gasteiger partial charge is 0.119 e. The van der Waals surface area contributed by atoms with Crippen molar-refractivity contribution < 1.29 is 9.47 Å². The lowest BCUT2D eigenvalue weighted by Crippen LogP contribution is -2.29. The van der Waals surface area contributed by atoms with Crippen molar-refractivity contribution in [3.8, 4) is 11.5 Å². The van der Waals surface area contributed by atoms with Gasteiger partial charge in [0.2, 0.25) is 0 Å². The monoisotopic (exact) mass is 411 g/mol. The summed E-state index contributed by atoms with van der Waals surface area (Å²) in [5.74, 6) is 2.83. The number of allylic oxidation sites excluding steroid dienone is 2. The van der Waals surface area contributed by atoms with Gasteiger partial charge in [-0.05, 0) is 66.3 Å². The maximum atomic E-state index is 6.11. The topological polar surface area (TPSA) is 30.5 Å². The van der Waals surface area contributed by atoms with Gasteiger partial charge in [0, 0.05) is 18.0 Å². The predicted octanol–water partition coefficient (Wildman–Crippen LogP) is 6.53. The second-order valence-electron chi connectivity index (χ2n) is 8.31. The van der Waals surface area contributed by atoms with Gasteiger partial charge in [-0.3, -0.25) is 0 Å². The van der Waals surface area contributed by atoms with Crippen LogP contribution in [0, 0.1) is 5.92 Å². The molecule has 2 aliphatic rings. The Kier molecular flexibility index (Phi) is 5.66. The molecule has 0 radical (unpaired) electrons. The van der Waals surface area contributed by atoms with Crippen LogP contribution in [0.15, 0.2) is 84.9 Å². The Labute approximate surface area is 184 Å². The molecule has 3 nitrogen and oxygen atoms in total. The summed E-state index contributed by atoms with van der Waals surface area (Å²) < 4.78 is 11.7. The third-order valence-electron chi connectivity index (χ3n) is 6.39. The first-order chi connectivity index (χ1) is 15.3. The Morgan fingerprint density at radius 2 is 1.71 bits per heavy atom. The highest BCUT2D eigenvalue weighted by atomic mass is 16.5. The van der Waals surface area contributed by atoms with E-state index in [9.17, 15) is 0 Å². The molecule has 0 fully saturated rings. The van der Waals surface area contributed by atoms with Crippen LogP contribution in [0.3, 0.4) is 0 Å². The average molecular weight is 412 g/mol. The first-order valence-corrected chi connectivity index (χ1v) is 11.3. The molecule has 0 amide bonds. The van der Waals surface area contributed by atoms with E-state index < -0.39 is 0 Å². The van der Waals surface area contributed by atoms with Crippen LogP contribution in [0.4, 0.5) is 5.69 Å². The fraction of sp³-hybridized carbons (Fsp3) is 0.286. The Morgan fingerprint density at radius 1 is 0.903 bits per heavy atom. The highest BCUT2D eigenvalue weighted by molar-refractivity contribution is 5.61. The third kappa shape index (κ3) is 4.18. The van der Waals surface area contributed by atoms with Gasteiger partial charge < -0.3 is 14.8 Å². The molecule has 0 aromatic heterocycles. The Morgan fingerprint density at radius 3 is 2.52 bits per heavy atom. The Balaban J connectivity index is 1.32. The van der Waals surface area contributed by atoms with E-state index >= 15 is 0 Å². The van der Waals surface area contributed by atoms with E-state index in [0.29, 0.717) is 31.1 Å². The molecule has 3 unspecified atom stereocenters. The summed E-state index contributed by atoms with van der Waals surface area (Å²) in [6, 6.07) is 25.9. The van der Waals surface area contributed by atoms with Crippen molar-refractivity contribution in [2.45, 2.75) is 31.7 Å². The fourth-order valence-corrected chi connectivity index (χ4v) is 4.86. The van der Waals surface area contributed by atoms with Gasteiger partial charge in [0.25, 0.3) is 0 Å². The number of nitrogens with one attached hydrogen (secondary N) is 1. The summed E-state index contributed by atoms with van der Waals surface area (Å²) in [6.07, 6.45) is 6.71. The van der Waals surface area contributed by atoms with Crippen molar-refractivity contribution in [1.29, 1.82) is 0 Å². The molecule has 3 aromatic rings. The molecule has 3 heteroatoms. The van der Waals surface area contributed by atoms with Crippen molar-refractivity contribution in [2.24, 2.45) is 5.92 Å². The van der Waals surface area contributed by atoms with Gasteiger partial charge in [-0.1, -0.05) is 54.6 Å². The summed E-state index contributed by atoms with van der Waals surface area (Å²) in [5.41, 5.74) is 5.18. The zero-order chi connectivity index (χ0) is 21.0. The molecule has 1 heterocycles. The van der Waals surface area contributed by atoms with Crippen LogP contribution in [-0.2, 0) is 6.42 Å². The van der Waals surface area contributed by atoms with Crippen molar-refractivity contribution in [1.82, 2.24) is 0 Å². The maximum Gasteiger partial charge on any atom is 0.119 e. The van der Waals surface area contributed by atoms with E-state index in [-0.39, 0.29) is 0 Å². The zero-order valence-corrected chi connectivity index (χ0v) is 18.0. The highest BCUT2D eigenvalue weighted by Crippen LogP contribution is 2.50. The van der Waals surface area contributed by atoms with E-state index in [0.717, 1.165) is 24.3 Å². The lowest BCUT2D eigenvalue weighted by atomic mass is 9.77. The molecular formula is C28H29NO2. The number of benzene rings is 3. The van der Waals surface area contributed by atoms with Crippen molar-refractivity contribution >= 4 is 5.69 Å². The molecule has 0 spiro atoms. The maximum absolute atomic E-state index is 6.11. The number of fused-ring (bicyclic) bond motifs is 3. The SMILES string of the molecule is CCOc1ccc(C2Nc3ccc(OCCc4ccccc4)cc3C3C=CCC32)cc1. The van der Waals surface area contributed by atoms with Crippen LogP contribution in [-0.4, -0.2) is 13.2 Å². The van der Waals surface area contributed by atoms with Crippen molar-refractivity contribution in [2.75, 3.05) is 18.5 Å². The first-order valence-electron chi connectivity index (χ1n) is 11.3. The summed E-state index contributed by atoms with van der Waals surface area (Å²) in [6.45, 7) is 3.40. The standard InChI is InChI=1S/C28H29NO2/c1-2-30-22-13-11-21(12-14-22)28-25-10-6-9-24(25)26-19-23(15-16-27(26)29-28)31-18-17-20-7-4-3-5-8-20/h3-9,11-16,19,24-25,28-29H,2,10,17-18H2,1H3. The minimum absolute atomic E-state index is 0.299. The molecule has 1 aliphatic carbocycles. The minimum atomic E-state index is 0.299. The number of rotatable bonds is 7. The summed E-state index contributed by atoms with van der Waals surface area (Å²) in [5, 5.41) is 3.81. The molecule has 1 N–H and O–H groups in total. The van der Waals surface area contributed by atoms with Gasteiger partial charge in [-0.15, -0.1) is 0 Å². The number of anilines is 1. The number of hydrogen-bond acceptors (Lipinski definition) is 3.